The van der Waals surface area contributed by atoms with Gasteiger partial charge in [0.1, 0.15) is 17.5 Å². The van der Waals surface area contributed by atoms with Crippen LogP contribution in [0.1, 0.15) is 15.9 Å². The Morgan fingerprint density at radius 2 is 1.45 bits per heavy atom. The average molecular weight is 320 g/mol. The van der Waals surface area contributed by atoms with Crippen molar-refractivity contribution in [2.45, 2.75) is 6.18 Å². The normalized spacial score (nSPS) is 11.5. The van der Waals surface area contributed by atoms with Crippen molar-refractivity contribution in [2.75, 3.05) is 0 Å². The maximum Gasteiger partial charge on any atom is 0.416 e. The molecule has 0 aliphatic rings. The molecule has 1 N–H and O–H groups in total. The first kappa shape index (κ1) is 15.9. The molecule has 0 bridgehead atoms. The van der Waals surface area contributed by atoms with Crippen LogP contribution in [-0.4, -0.2) is 11.1 Å². The van der Waals surface area contributed by atoms with Crippen LogP contribution >= 0.6 is 0 Å². The predicted octanol–water partition coefficient (Wildman–Crippen LogP) is 4.49. The van der Waals surface area contributed by atoms with Crippen molar-refractivity contribution >= 4 is 5.97 Å². The Morgan fingerprint density at radius 3 is 1.95 bits per heavy atom. The van der Waals surface area contributed by atoms with Crippen LogP contribution in [0.3, 0.4) is 0 Å². The standard InChI is InChI=1S/C14H6F6O2/c15-10-3-6(14(18,19)20)1-2-7(10)8-4-12(17)9(13(21)22)5-11(8)16/h1-5H,(H,21,22). The van der Waals surface area contributed by atoms with E-state index in [4.69, 9.17) is 5.11 Å². The Hall–Kier alpha value is -2.51. The molecule has 0 heterocycles. The van der Waals surface area contributed by atoms with Gasteiger partial charge in [0.2, 0.25) is 0 Å². The van der Waals surface area contributed by atoms with Crippen LogP contribution in [0, 0.1) is 17.5 Å². The van der Waals surface area contributed by atoms with Crippen molar-refractivity contribution in [3.63, 3.8) is 0 Å². The maximum atomic E-state index is 13.8. The van der Waals surface area contributed by atoms with Crippen LogP contribution in [0.15, 0.2) is 30.3 Å². The number of carbonyl (C=O) groups is 1. The van der Waals surface area contributed by atoms with Gasteiger partial charge in [-0.3, -0.25) is 0 Å². The molecule has 0 atom stereocenters. The molecule has 2 rings (SSSR count). The fourth-order valence-electron chi connectivity index (χ4n) is 1.83. The quantitative estimate of drug-likeness (QED) is 0.828. The third kappa shape index (κ3) is 2.90. The maximum absolute atomic E-state index is 13.8. The lowest BCUT2D eigenvalue weighted by atomic mass is 10.0. The Kier molecular flexibility index (Phi) is 3.87. The summed E-state index contributed by atoms with van der Waals surface area (Å²) < 4.78 is 78.3. The van der Waals surface area contributed by atoms with E-state index < -0.39 is 51.9 Å². The molecule has 22 heavy (non-hydrogen) atoms. The van der Waals surface area contributed by atoms with Crippen molar-refractivity contribution in [1.29, 1.82) is 0 Å². The topological polar surface area (TPSA) is 37.3 Å². The number of carboxylic acid groups (broad SMARTS) is 1. The second kappa shape index (κ2) is 5.36. The summed E-state index contributed by atoms with van der Waals surface area (Å²) in [6.07, 6.45) is -4.78. The van der Waals surface area contributed by atoms with E-state index in [9.17, 15) is 31.1 Å². The van der Waals surface area contributed by atoms with Gasteiger partial charge in [0, 0.05) is 11.1 Å². The predicted molar refractivity (Wildman–Crippen MR) is 63.7 cm³/mol. The summed E-state index contributed by atoms with van der Waals surface area (Å²) in [5, 5.41) is 8.63. The summed E-state index contributed by atoms with van der Waals surface area (Å²) in [6.45, 7) is 0. The molecule has 0 amide bonds. The van der Waals surface area contributed by atoms with Crippen molar-refractivity contribution in [3.8, 4) is 11.1 Å². The van der Waals surface area contributed by atoms with Gasteiger partial charge in [0.05, 0.1) is 11.1 Å². The smallest absolute Gasteiger partial charge is 0.416 e. The second-order valence-corrected chi connectivity index (χ2v) is 4.31. The SMILES string of the molecule is O=C(O)c1cc(F)c(-c2ccc(C(F)(F)F)cc2F)cc1F. The Balaban J connectivity index is 2.58. The zero-order valence-electron chi connectivity index (χ0n) is 10.5. The van der Waals surface area contributed by atoms with Gasteiger partial charge in [-0.05, 0) is 24.3 Å². The molecule has 0 unspecified atom stereocenters. The third-order valence-corrected chi connectivity index (χ3v) is 2.87. The van der Waals surface area contributed by atoms with E-state index in [2.05, 4.69) is 0 Å². The lowest BCUT2D eigenvalue weighted by molar-refractivity contribution is -0.137. The molecular weight excluding hydrogens is 314 g/mol. The number of hydrogen-bond donors (Lipinski definition) is 1. The molecule has 0 aromatic heterocycles. The van der Waals surface area contributed by atoms with Crippen molar-refractivity contribution in [3.05, 3.63) is 58.9 Å². The van der Waals surface area contributed by atoms with Crippen LogP contribution < -0.4 is 0 Å². The van der Waals surface area contributed by atoms with Crippen LogP contribution in [-0.2, 0) is 6.18 Å². The van der Waals surface area contributed by atoms with Crippen molar-refractivity contribution in [1.82, 2.24) is 0 Å². The highest BCUT2D eigenvalue weighted by Crippen LogP contribution is 2.34. The van der Waals surface area contributed by atoms with Gasteiger partial charge in [-0.1, -0.05) is 6.07 Å². The molecule has 0 saturated carbocycles. The third-order valence-electron chi connectivity index (χ3n) is 2.87. The van der Waals surface area contributed by atoms with Crippen LogP contribution in [0.4, 0.5) is 26.3 Å². The van der Waals surface area contributed by atoms with Crippen LogP contribution in [0.2, 0.25) is 0 Å². The molecule has 0 fully saturated rings. The lowest BCUT2D eigenvalue weighted by Gasteiger charge is -2.10. The highest BCUT2D eigenvalue weighted by molar-refractivity contribution is 5.88. The summed E-state index contributed by atoms with van der Waals surface area (Å²) in [6, 6.07) is 2.07. The summed E-state index contributed by atoms with van der Waals surface area (Å²) in [4.78, 5) is 10.6. The van der Waals surface area contributed by atoms with Crippen LogP contribution in [0.5, 0.6) is 0 Å². The fraction of sp³-hybridized carbons (Fsp3) is 0.0714. The molecule has 8 heteroatoms. The zero-order valence-corrected chi connectivity index (χ0v) is 10.5. The number of rotatable bonds is 2. The molecule has 2 aromatic rings. The first-order valence-corrected chi connectivity index (χ1v) is 5.70. The number of aromatic carboxylic acids is 1. The Morgan fingerprint density at radius 1 is 0.864 bits per heavy atom. The highest BCUT2D eigenvalue weighted by Gasteiger charge is 2.31. The summed E-state index contributed by atoms with van der Waals surface area (Å²) in [5.41, 5.74) is -3.53. The van der Waals surface area contributed by atoms with Gasteiger partial charge >= 0.3 is 12.1 Å². The number of hydrogen-bond acceptors (Lipinski definition) is 1. The minimum atomic E-state index is -4.78. The van der Waals surface area contributed by atoms with E-state index in [1.807, 2.05) is 0 Å². The van der Waals surface area contributed by atoms with E-state index in [1.54, 1.807) is 0 Å². The number of carboxylic acids is 1. The van der Waals surface area contributed by atoms with E-state index >= 15 is 0 Å². The van der Waals surface area contributed by atoms with Gasteiger partial charge in [-0.15, -0.1) is 0 Å². The fourth-order valence-corrected chi connectivity index (χ4v) is 1.83. The van der Waals surface area contributed by atoms with Gasteiger partial charge in [-0.25, -0.2) is 18.0 Å². The molecule has 0 spiro atoms. The van der Waals surface area contributed by atoms with Gasteiger partial charge < -0.3 is 5.11 Å². The van der Waals surface area contributed by atoms with Crippen molar-refractivity contribution in [2.24, 2.45) is 0 Å². The first-order valence-electron chi connectivity index (χ1n) is 5.70. The molecule has 2 aromatic carbocycles. The minimum absolute atomic E-state index is 0.151. The van der Waals surface area contributed by atoms with Gasteiger partial charge in [0.25, 0.3) is 0 Å². The molecular formula is C14H6F6O2. The lowest BCUT2D eigenvalue weighted by Crippen LogP contribution is -2.06. The van der Waals surface area contributed by atoms with E-state index in [0.717, 1.165) is 0 Å². The Labute approximate surface area is 119 Å². The summed E-state index contributed by atoms with van der Waals surface area (Å²) in [5.74, 6) is -5.73. The average Bonchev–Trinajstić information content (AvgIpc) is 2.39. The Bertz CT molecular complexity index is 752. The molecule has 0 radical (unpaired) electrons. The second-order valence-electron chi connectivity index (χ2n) is 4.31. The molecule has 0 aliphatic heterocycles. The number of halogens is 6. The number of alkyl halides is 3. The summed E-state index contributed by atoms with van der Waals surface area (Å²) in [7, 11) is 0. The molecule has 116 valence electrons. The van der Waals surface area contributed by atoms with Crippen LogP contribution in [0.25, 0.3) is 11.1 Å². The van der Waals surface area contributed by atoms with Crippen molar-refractivity contribution < 1.29 is 36.2 Å². The molecule has 2 nitrogen and oxygen atoms in total. The molecule has 0 aliphatic carbocycles. The molecule has 0 saturated heterocycles. The van der Waals surface area contributed by atoms with Gasteiger partial charge in [-0.2, -0.15) is 13.2 Å². The minimum Gasteiger partial charge on any atom is -0.478 e. The summed E-state index contributed by atoms with van der Waals surface area (Å²) >= 11 is 0. The highest BCUT2D eigenvalue weighted by atomic mass is 19.4. The largest absolute Gasteiger partial charge is 0.478 e. The monoisotopic (exact) mass is 320 g/mol. The van der Waals surface area contributed by atoms with E-state index in [1.165, 1.54) is 0 Å². The van der Waals surface area contributed by atoms with Gasteiger partial charge in [0.15, 0.2) is 0 Å². The number of benzene rings is 2. The first-order chi connectivity index (χ1) is 10.1. The van der Waals surface area contributed by atoms with E-state index in [-0.39, 0.29) is 6.07 Å². The zero-order chi connectivity index (χ0) is 16.7. The van der Waals surface area contributed by atoms with E-state index in [0.29, 0.717) is 24.3 Å².